The van der Waals surface area contributed by atoms with Crippen molar-refractivity contribution < 1.29 is 88.0 Å². The van der Waals surface area contributed by atoms with Crippen molar-refractivity contribution >= 4 is 30.1 Å². The van der Waals surface area contributed by atoms with Gasteiger partial charge in [0.2, 0.25) is 5.79 Å². The van der Waals surface area contributed by atoms with E-state index < -0.39 is 92.5 Å². The summed E-state index contributed by atoms with van der Waals surface area (Å²) in [7, 11) is 2.68. The average molecular weight is 737 g/mol. The molecule has 2 heterocycles. The van der Waals surface area contributed by atoms with Gasteiger partial charge in [-0.15, -0.1) is 0 Å². The number of hydrogen-bond donors (Lipinski definition) is 7. The monoisotopic (exact) mass is 736 g/mol. The first-order chi connectivity index (χ1) is 24.7. The van der Waals surface area contributed by atoms with E-state index in [0.29, 0.717) is 11.1 Å². The minimum absolute atomic E-state index is 0.114. The van der Waals surface area contributed by atoms with Gasteiger partial charge in [0.1, 0.15) is 56.4 Å². The van der Waals surface area contributed by atoms with E-state index in [9.17, 15) is 50.1 Å². The maximum Gasteiger partial charge on any atom is 0.331 e. The predicted molar refractivity (Wildman–Crippen MR) is 173 cm³/mol. The number of carbonyl (C=O) groups is 3. The van der Waals surface area contributed by atoms with Crippen LogP contribution < -0.4 is 9.47 Å². The molecule has 0 aromatic heterocycles. The predicted octanol–water partition coefficient (Wildman–Crippen LogP) is -0.868. The zero-order valence-corrected chi connectivity index (χ0v) is 28.1. The van der Waals surface area contributed by atoms with Crippen molar-refractivity contribution in [3.05, 3.63) is 59.7 Å². The number of rotatable bonds is 14. The molecule has 0 amide bonds. The van der Waals surface area contributed by atoms with E-state index >= 15 is 0 Å². The molecule has 0 bridgehead atoms. The molecule has 0 radical (unpaired) electrons. The summed E-state index contributed by atoms with van der Waals surface area (Å²) >= 11 is 0. The third kappa shape index (κ3) is 9.55. The quantitative estimate of drug-likeness (QED) is 0.0706. The second kappa shape index (κ2) is 17.6. The molecule has 2 aromatic carbocycles. The first-order valence-electron chi connectivity index (χ1n) is 15.7. The standard InChI is InChI=1S/C34H40O18/c1-17(36)47-15-25-29(42)32(50-27(40)11-7-19-5-9-21(38)23(13-19)46-3)34(16-35,51-25)52-33-31(44)30(43)28(41)24(49-33)14-48-26(39)10-6-18-4-8-20(37)22(12-18)45-2/h4-13,24-25,28-33,35,37-38,41-44H,14-16H2,1-3H3/b10-6+,11-7+/t24-,25+,28+,29+,30-,31+,32-,33+,34-/m0/s1. The van der Waals surface area contributed by atoms with Gasteiger partial charge in [-0.2, -0.15) is 0 Å². The summed E-state index contributed by atoms with van der Waals surface area (Å²) in [6, 6.07) is 8.51. The highest BCUT2D eigenvalue weighted by Crippen LogP contribution is 2.38. The second-order valence-electron chi connectivity index (χ2n) is 11.6. The summed E-state index contributed by atoms with van der Waals surface area (Å²) < 4.78 is 42.7. The molecule has 2 aromatic rings. The van der Waals surface area contributed by atoms with Crippen molar-refractivity contribution in [2.45, 2.75) is 61.7 Å². The zero-order valence-electron chi connectivity index (χ0n) is 28.1. The fraction of sp³-hybridized carbons (Fsp3) is 0.441. The van der Waals surface area contributed by atoms with E-state index in [2.05, 4.69) is 0 Å². The van der Waals surface area contributed by atoms with Crippen molar-refractivity contribution in [3.8, 4) is 23.0 Å². The largest absolute Gasteiger partial charge is 0.504 e. The maximum absolute atomic E-state index is 13.0. The number of aromatic hydroxyl groups is 2. The van der Waals surface area contributed by atoms with Gasteiger partial charge in [0.15, 0.2) is 35.4 Å². The maximum atomic E-state index is 13.0. The number of hydrogen-bond acceptors (Lipinski definition) is 18. The van der Waals surface area contributed by atoms with Crippen LogP contribution in [0.1, 0.15) is 18.1 Å². The Hall–Kier alpha value is -4.79. The van der Waals surface area contributed by atoms with Crippen LogP contribution >= 0.6 is 0 Å². The van der Waals surface area contributed by atoms with Crippen molar-refractivity contribution in [1.82, 2.24) is 0 Å². The van der Waals surface area contributed by atoms with Gasteiger partial charge in [-0.05, 0) is 47.5 Å². The highest BCUT2D eigenvalue weighted by Gasteiger charge is 2.61. The topological polar surface area (TPSA) is 267 Å². The highest BCUT2D eigenvalue weighted by atomic mass is 16.8. The first kappa shape index (κ1) is 40.0. The number of ether oxygens (including phenoxy) is 8. The van der Waals surface area contributed by atoms with Crippen LogP contribution in [0.25, 0.3) is 12.2 Å². The van der Waals surface area contributed by atoms with Crippen molar-refractivity contribution in [3.63, 3.8) is 0 Å². The van der Waals surface area contributed by atoms with Crippen molar-refractivity contribution in [2.75, 3.05) is 34.0 Å². The summed E-state index contributed by atoms with van der Waals surface area (Å²) in [4.78, 5) is 36.9. The van der Waals surface area contributed by atoms with E-state index in [1.165, 1.54) is 62.8 Å². The Bertz CT molecular complexity index is 1630. The van der Waals surface area contributed by atoms with Gasteiger partial charge in [-0.1, -0.05) is 12.1 Å². The first-order valence-corrected chi connectivity index (χ1v) is 15.7. The van der Waals surface area contributed by atoms with Gasteiger partial charge in [0.25, 0.3) is 0 Å². The molecule has 52 heavy (non-hydrogen) atoms. The molecule has 0 spiro atoms. The fourth-order valence-corrected chi connectivity index (χ4v) is 5.25. The number of aliphatic hydroxyl groups is 5. The van der Waals surface area contributed by atoms with E-state index in [-0.39, 0.29) is 23.0 Å². The Kier molecular flexibility index (Phi) is 13.6. The zero-order chi connectivity index (χ0) is 38.2. The van der Waals surface area contributed by atoms with E-state index in [1.54, 1.807) is 0 Å². The second-order valence-corrected chi connectivity index (χ2v) is 11.6. The molecular formula is C34H40O18. The number of phenolic OH excluding ortho intramolecular Hbond substituents is 2. The highest BCUT2D eigenvalue weighted by molar-refractivity contribution is 5.88. The lowest BCUT2D eigenvalue weighted by Crippen LogP contribution is -2.63. The third-order valence-electron chi connectivity index (χ3n) is 8.00. The van der Waals surface area contributed by atoms with Crippen LogP contribution in [0.4, 0.5) is 0 Å². The smallest absolute Gasteiger partial charge is 0.331 e. The Morgan fingerprint density at radius 2 is 1.33 bits per heavy atom. The molecule has 0 unspecified atom stereocenters. The van der Waals surface area contributed by atoms with Gasteiger partial charge < -0.3 is 73.6 Å². The number of carbonyl (C=O) groups excluding carboxylic acids is 3. The Morgan fingerprint density at radius 1 is 0.769 bits per heavy atom. The molecule has 0 saturated carbocycles. The van der Waals surface area contributed by atoms with Gasteiger partial charge in [-0.25, -0.2) is 9.59 Å². The number of benzene rings is 2. The number of phenols is 2. The number of methoxy groups -OCH3 is 2. The van der Waals surface area contributed by atoms with Crippen LogP contribution in [-0.4, -0.2) is 142 Å². The lowest BCUT2D eigenvalue weighted by atomic mass is 9.98. The summed E-state index contributed by atoms with van der Waals surface area (Å²) in [6.45, 7) is -1.33. The molecule has 18 nitrogen and oxygen atoms in total. The molecule has 0 aliphatic carbocycles. The van der Waals surface area contributed by atoms with Crippen LogP contribution in [0, 0.1) is 0 Å². The Morgan fingerprint density at radius 3 is 1.87 bits per heavy atom. The van der Waals surface area contributed by atoms with Crippen molar-refractivity contribution in [1.29, 1.82) is 0 Å². The van der Waals surface area contributed by atoms with Crippen LogP contribution in [0.3, 0.4) is 0 Å². The summed E-state index contributed by atoms with van der Waals surface area (Å²) in [5.74, 6) is -5.24. The molecule has 284 valence electrons. The summed E-state index contributed by atoms with van der Waals surface area (Å²) in [5.41, 5.74) is 0.875. The van der Waals surface area contributed by atoms with E-state index in [4.69, 9.17) is 37.9 Å². The minimum atomic E-state index is -2.52. The number of aliphatic hydroxyl groups excluding tert-OH is 5. The lowest BCUT2D eigenvalue weighted by Gasteiger charge is -2.43. The minimum Gasteiger partial charge on any atom is -0.504 e. The molecular weight excluding hydrogens is 696 g/mol. The summed E-state index contributed by atoms with van der Waals surface area (Å²) in [6.07, 6.45) is -9.80. The van der Waals surface area contributed by atoms with E-state index in [0.717, 1.165) is 19.1 Å². The molecule has 2 fully saturated rings. The van der Waals surface area contributed by atoms with Crippen molar-refractivity contribution in [2.24, 2.45) is 0 Å². The Balaban J connectivity index is 1.50. The third-order valence-corrected chi connectivity index (χ3v) is 8.00. The van der Waals surface area contributed by atoms with Crippen LogP contribution in [0.15, 0.2) is 48.6 Å². The number of esters is 3. The van der Waals surface area contributed by atoms with Gasteiger partial charge in [0, 0.05) is 19.1 Å². The molecule has 7 N–H and O–H groups in total. The Labute approximate surface area is 296 Å². The summed E-state index contributed by atoms with van der Waals surface area (Å²) in [5, 5.41) is 73.1. The van der Waals surface area contributed by atoms with E-state index in [1.807, 2.05) is 0 Å². The molecule has 2 aliphatic rings. The normalized spacial score (nSPS) is 28.8. The van der Waals surface area contributed by atoms with Gasteiger partial charge in [-0.3, -0.25) is 4.79 Å². The van der Waals surface area contributed by atoms with Crippen LogP contribution in [0.2, 0.25) is 0 Å². The molecule has 4 rings (SSSR count). The molecule has 2 aliphatic heterocycles. The van der Waals surface area contributed by atoms with Crippen LogP contribution in [-0.2, 0) is 42.8 Å². The van der Waals surface area contributed by atoms with Gasteiger partial charge in [0.05, 0.1) is 14.2 Å². The average Bonchev–Trinajstić information content (AvgIpc) is 3.38. The molecule has 9 atom stereocenters. The van der Waals surface area contributed by atoms with Crippen LogP contribution in [0.5, 0.6) is 23.0 Å². The molecule has 18 heteroatoms. The van der Waals surface area contributed by atoms with Gasteiger partial charge >= 0.3 is 17.9 Å². The lowest BCUT2D eigenvalue weighted by molar-refractivity contribution is -0.383. The fourth-order valence-electron chi connectivity index (χ4n) is 5.25. The molecule has 2 saturated heterocycles. The SMILES string of the molecule is COc1cc(/C=C/C(=O)OC[C@@H]2O[C@H](O[C@]3(CO)O[C@H](COC(C)=O)[C@@H](O)[C@@H]3OC(=O)/C=C/c3ccc(O)c(OC)c3)[C@H](O)[C@@H](O)[C@@H]2O)ccc1O.